The number of nitrogens with one attached hydrogen (secondary N) is 2. The number of aliphatic imine (C=N–C) groups is 1. The fraction of sp³-hybridized carbons (Fsp3) is 0.381. The molecule has 0 fully saturated rings. The van der Waals surface area contributed by atoms with Gasteiger partial charge in [0.25, 0.3) is 0 Å². The summed E-state index contributed by atoms with van der Waals surface area (Å²) < 4.78 is 46.0. The Labute approximate surface area is 175 Å². The first-order chi connectivity index (χ1) is 14.4. The zero-order valence-corrected chi connectivity index (χ0v) is 17.7. The maximum absolute atomic E-state index is 12.7. The van der Waals surface area contributed by atoms with Crippen LogP contribution in [0.1, 0.15) is 16.7 Å². The first-order valence-corrected chi connectivity index (χ1v) is 9.19. The molecule has 0 radical (unpaired) electrons. The topological polar surface area (TPSA) is 73.3 Å². The molecule has 7 nitrogen and oxygen atoms in total. The Balaban J connectivity index is 2.09. The minimum Gasteiger partial charge on any atom is -0.496 e. The monoisotopic (exact) mass is 423 g/mol. The molecule has 0 spiro atoms. The number of ether oxygens (including phenoxy) is 4. The average Bonchev–Trinajstić information content (AvgIpc) is 2.74. The Kier molecular flexibility index (Phi) is 8.52. The molecule has 0 saturated heterocycles. The number of hydrogen-bond donors (Lipinski definition) is 2. The Morgan fingerprint density at radius 2 is 1.43 bits per heavy atom. The number of benzene rings is 2. The summed E-state index contributed by atoms with van der Waals surface area (Å²) in [5, 5.41) is 6.27. The summed E-state index contributed by atoms with van der Waals surface area (Å²) in [7, 11) is 6.30. The van der Waals surface area contributed by atoms with Crippen LogP contribution in [0, 0.1) is 6.92 Å². The molecule has 2 N–H and O–H groups in total. The van der Waals surface area contributed by atoms with E-state index in [4.69, 9.17) is 14.2 Å². The molecule has 0 heterocycles. The number of halogens is 2. The van der Waals surface area contributed by atoms with Gasteiger partial charge in [-0.25, -0.2) is 0 Å². The largest absolute Gasteiger partial charge is 0.496 e. The number of aryl methyl sites for hydroxylation is 1. The summed E-state index contributed by atoms with van der Waals surface area (Å²) in [6.07, 6.45) is 0. The molecular weight excluding hydrogens is 396 g/mol. The number of alkyl halides is 2. The molecule has 0 bridgehead atoms. The number of guanidine groups is 1. The average molecular weight is 423 g/mol. The third kappa shape index (κ3) is 6.13. The van der Waals surface area contributed by atoms with Crippen LogP contribution in [0.3, 0.4) is 0 Å². The summed E-state index contributed by atoms with van der Waals surface area (Å²) in [5.41, 5.74) is 2.36. The number of nitrogens with zero attached hydrogens (tertiary/aromatic N) is 1. The van der Waals surface area contributed by atoms with Crippen molar-refractivity contribution in [1.82, 2.24) is 10.6 Å². The van der Waals surface area contributed by atoms with E-state index >= 15 is 0 Å². The molecule has 2 rings (SSSR count). The van der Waals surface area contributed by atoms with Crippen molar-refractivity contribution in [3.63, 3.8) is 0 Å². The van der Waals surface area contributed by atoms with Crippen molar-refractivity contribution in [2.24, 2.45) is 4.99 Å². The van der Waals surface area contributed by atoms with Crippen LogP contribution in [-0.4, -0.2) is 40.9 Å². The summed E-state index contributed by atoms with van der Waals surface area (Å²) in [4.78, 5) is 4.17. The second-order valence-corrected chi connectivity index (χ2v) is 6.29. The highest BCUT2D eigenvalue weighted by Gasteiger charge is 2.13. The Morgan fingerprint density at radius 1 is 0.867 bits per heavy atom. The van der Waals surface area contributed by atoms with E-state index in [9.17, 15) is 8.78 Å². The van der Waals surface area contributed by atoms with E-state index in [1.54, 1.807) is 46.6 Å². The summed E-state index contributed by atoms with van der Waals surface area (Å²) >= 11 is 0. The van der Waals surface area contributed by atoms with Crippen LogP contribution in [0.15, 0.2) is 35.3 Å². The highest BCUT2D eigenvalue weighted by Crippen LogP contribution is 2.34. The van der Waals surface area contributed by atoms with Gasteiger partial charge in [0, 0.05) is 37.3 Å². The van der Waals surface area contributed by atoms with Gasteiger partial charge in [-0.15, -0.1) is 0 Å². The minimum absolute atomic E-state index is 0.125. The molecule has 0 amide bonds. The summed E-state index contributed by atoms with van der Waals surface area (Å²) in [6.45, 7) is -0.364. The molecule has 30 heavy (non-hydrogen) atoms. The van der Waals surface area contributed by atoms with E-state index in [1.807, 2.05) is 13.0 Å². The minimum atomic E-state index is -2.89. The molecule has 0 aliphatic carbocycles. The van der Waals surface area contributed by atoms with E-state index in [0.717, 1.165) is 11.1 Å². The highest BCUT2D eigenvalue weighted by molar-refractivity contribution is 5.79. The van der Waals surface area contributed by atoms with Gasteiger partial charge in [0.15, 0.2) is 17.5 Å². The van der Waals surface area contributed by atoms with Crippen molar-refractivity contribution in [2.45, 2.75) is 26.6 Å². The predicted molar refractivity (Wildman–Crippen MR) is 111 cm³/mol. The van der Waals surface area contributed by atoms with Crippen LogP contribution < -0.4 is 29.6 Å². The third-order valence-corrected chi connectivity index (χ3v) is 4.33. The van der Waals surface area contributed by atoms with Crippen molar-refractivity contribution >= 4 is 5.96 Å². The zero-order chi connectivity index (χ0) is 22.1. The molecule has 0 aliphatic heterocycles. The number of rotatable bonds is 9. The van der Waals surface area contributed by atoms with Crippen molar-refractivity contribution < 1.29 is 27.7 Å². The SMILES string of the molecule is CN=C(NCc1cc(OC)c(OC)cc1OC)NCc1cc(C)ccc1OC(F)F. The fourth-order valence-corrected chi connectivity index (χ4v) is 2.87. The maximum Gasteiger partial charge on any atom is 0.387 e. The highest BCUT2D eigenvalue weighted by atomic mass is 19.3. The van der Waals surface area contributed by atoms with Crippen molar-refractivity contribution in [2.75, 3.05) is 28.4 Å². The van der Waals surface area contributed by atoms with Gasteiger partial charge in [-0.05, 0) is 19.1 Å². The molecule has 0 unspecified atom stereocenters. The molecule has 0 aliphatic rings. The lowest BCUT2D eigenvalue weighted by atomic mass is 10.1. The molecule has 2 aromatic carbocycles. The molecule has 0 saturated carbocycles. The predicted octanol–water partition coefficient (Wildman–Crippen LogP) is 3.49. The van der Waals surface area contributed by atoms with Crippen LogP contribution in [-0.2, 0) is 13.1 Å². The van der Waals surface area contributed by atoms with Crippen molar-refractivity contribution in [3.05, 3.63) is 47.0 Å². The molecule has 2 aromatic rings. The first-order valence-electron chi connectivity index (χ1n) is 9.19. The quantitative estimate of drug-likeness (QED) is 0.475. The van der Waals surface area contributed by atoms with Gasteiger partial charge >= 0.3 is 6.61 Å². The number of hydrogen-bond acceptors (Lipinski definition) is 5. The lowest BCUT2D eigenvalue weighted by Gasteiger charge is -2.17. The lowest BCUT2D eigenvalue weighted by molar-refractivity contribution is -0.0504. The zero-order valence-electron chi connectivity index (χ0n) is 17.7. The van der Waals surface area contributed by atoms with Crippen LogP contribution in [0.25, 0.3) is 0 Å². The van der Waals surface area contributed by atoms with Gasteiger partial charge < -0.3 is 29.6 Å². The van der Waals surface area contributed by atoms with Crippen LogP contribution >= 0.6 is 0 Å². The van der Waals surface area contributed by atoms with Gasteiger partial charge in [0.1, 0.15) is 11.5 Å². The standard InChI is InChI=1S/C21H27F2N3O4/c1-13-6-7-16(30-20(22)23)14(8-13)11-25-21(24-2)26-12-15-9-18(28-4)19(29-5)10-17(15)27-3/h6-10,20H,11-12H2,1-5H3,(H2,24,25,26). The summed E-state index contributed by atoms with van der Waals surface area (Å²) in [5.74, 6) is 2.37. The van der Waals surface area contributed by atoms with Crippen molar-refractivity contribution in [1.29, 1.82) is 0 Å². The number of methoxy groups -OCH3 is 3. The van der Waals surface area contributed by atoms with E-state index in [-0.39, 0.29) is 12.3 Å². The van der Waals surface area contributed by atoms with E-state index in [0.29, 0.717) is 35.3 Å². The van der Waals surface area contributed by atoms with E-state index < -0.39 is 6.61 Å². The third-order valence-electron chi connectivity index (χ3n) is 4.33. The molecule has 0 aromatic heterocycles. The smallest absolute Gasteiger partial charge is 0.387 e. The Morgan fingerprint density at radius 3 is 1.97 bits per heavy atom. The molecule has 164 valence electrons. The second kappa shape index (κ2) is 11.1. The van der Waals surface area contributed by atoms with Gasteiger partial charge in [-0.3, -0.25) is 4.99 Å². The van der Waals surface area contributed by atoms with E-state index in [1.165, 1.54) is 6.07 Å². The normalized spacial score (nSPS) is 11.3. The van der Waals surface area contributed by atoms with Crippen molar-refractivity contribution in [3.8, 4) is 23.0 Å². The Hall–Kier alpha value is -3.23. The second-order valence-electron chi connectivity index (χ2n) is 6.29. The molecular formula is C21H27F2N3O4. The van der Waals surface area contributed by atoms with Crippen LogP contribution in [0.2, 0.25) is 0 Å². The summed E-state index contributed by atoms with van der Waals surface area (Å²) in [6, 6.07) is 8.59. The van der Waals surface area contributed by atoms with Gasteiger partial charge in [0.2, 0.25) is 0 Å². The lowest BCUT2D eigenvalue weighted by Crippen LogP contribution is -2.36. The van der Waals surface area contributed by atoms with Crippen LogP contribution in [0.4, 0.5) is 8.78 Å². The fourth-order valence-electron chi connectivity index (χ4n) is 2.87. The van der Waals surface area contributed by atoms with E-state index in [2.05, 4.69) is 20.4 Å². The maximum atomic E-state index is 12.7. The van der Waals surface area contributed by atoms with Crippen LogP contribution in [0.5, 0.6) is 23.0 Å². The molecule has 9 heteroatoms. The Bertz CT molecular complexity index is 876. The first kappa shape index (κ1) is 23.1. The van der Waals surface area contributed by atoms with Gasteiger partial charge in [0.05, 0.1) is 21.3 Å². The van der Waals surface area contributed by atoms with Gasteiger partial charge in [-0.2, -0.15) is 8.78 Å². The molecule has 0 atom stereocenters. The van der Waals surface area contributed by atoms with Gasteiger partial charge in [-0.1, -0.05) is 17.7 Å².